The molecule has 0 aromatic carbocycles. The molecule has 1 atom stereocenters. The molecule has 0 rings (SSSR count). The van der Waals surface area contributed by atoms with E-state index in [1.165, 1.54) is 0 Å². The first-order valence-corrected chi connectivity index (χ1v) is 5.86. The van der Waals surface area contributed by atoms with Gasteiger partial charge in [-0.15, -0.1) is 0 Å². The number of aliphatic carboxylic acids is 1. The molecule has 0 amide bonds. The van der Waals surface area contributed by atoms with Gasteiger partial charge in [-0.05, 0) is 0 Å². The van der Waals surface area contributed by atoms with E-state index in [1.807, 2.05) is 0 Å². The van der Waals surface area contributed by atoms with Gasteiger partial charge in [-0.25, -0.2) is 13.1 Å². The van der Waals surface area contributed by atoms with Crippen molar-refractivity contribution in [2.24, 2.45) is 5.73 Å². The lowest BCUT2D eigenvalue weighted by Gasteiger charge is -2.08. The minimum atomic E-state index is -3.18. The van der Waals surface area contributed by atoms with Crippen LogP contribution in [-0.4, -0.2) is 51.4 Å². The molecule has 0 heterocycles. The Morgan fingerprint density at radius 1 is 1.50 bits per heavy atom. The molecule has 0 saturated heterocycles. The number of sulfonamides is 1. The van der Waals surface area contributed by atoms with E-state index < -0.39 is 22.0 Å². The van der Waals surface area contributed by atoms with Crippen LogP contribution in [0.4, 0.5) is 0 Å². The van der Waals surface area contributed by atoms with Gasteiger partial charge in [0.2, 0.25) is 10.0 Å². The summed E-state index contributed by atoms with van der Waals surface area (Å²) >= 11 is 0. The van der Waals surface area contributed by atoms with Crippen LogP contribution in [0, 0.1) is 0 Å². The van der Waals surface area contributed by atoms with Crippen LogP contribution in [0.5, 0.6) is 0 Å². The molecule has 8 heteroatoms. The van der Waals surface area contributed by atoms with E-state index in [1.54, 1.807) is 0 Å². The molecule has 1 unspecified atom stereocenters. The number of carbonyl (C=O) groups is 1. The van der Waals surface area contributed by atoms with Crippen molar-refractivity contribution in [3.05, 3.63) is 0 Å². The van der Waals surface area contributed by atoms with Crippen LogP contribution in [0.3, 0.4) is 0 Å². The van der Waals surface area contributed by atoms with Gasteiger partial charge in [0.1, 0.15) is 6.04 Å². The topological polar surface area (TPSA) is 122 Å². The summed E-state index contributed by atoms with van der Waals surface area (Å²) in [4.78, 5) is 10.2. The summed E-state index contributed by atoms with van der Waals surface area (Å²) in [6, 6.07) is -0.965. The summed E-state index contributed by atoms with van der Waals surface area (Å²) in [6.45, 7) is 0.667. The zero-order valence-corrected chi connectivity index (χ0v) is 8.67. The lowest BCUT2D eigenvalue weighted by molar-refractivity contribution is -0.138. The number of rotatable bonds is 7. The fourth-order valence-corrected chi connectivity index (χ4v) is 1.14. The van der Waals surface area contributed by atoms with Crippen LogP contribution in [0.15, 0.2) is 0 Å². The lowest BCUT2D eigenvalue weighted by atomic mass is 10.3. The number of carboxylic acid groups (broad SMARTS) is 1. The van der Waals surface area contributed by atoms with Crippen LogP contribution in [-0.2, 0) is 14.8 Å². The highest BCUT2D eigenvalue weighted by atomic mass is 32.2. The van der Waals surface area contributed by atoms with Gasteiger partial charge >= 0.3 is 5.97 Å². The molecule has 7 nitrogen and oxygen atoms in total. The molecule has 14 heavy (non-hydrogen) atoms. The fourth-order valence-electron chi connectivity index (χ4n) is 0.670. The first-order valence-electron chi connectivity index (χ1n) is 3.96. The van der Waals surface area contributed by atoms with E-state index >= 15 is 0 Å². The van der Waals surface area contributed by atoms with Gasteiger partial charge in [-0.3, -0.25) is 4.79 Å². The number of carboxylic acids is 1. The fraction of sp³-hybridized carbons (Fsp3) is 0.833. The SMILES string of the molecule is CS(=O)(=O)NCCNCC(N)C(=O)O. The molecule has 0 aromatic rings. The average Bonchev–Trinajstić information content (AvgIpc) is 2.01. The molecule has 0 fully saturated rings. The third-order valence-electron chi connectivity index (χ3n) is 1.35. The van der Waals surface area contributed by atoms with Crippen molar-refractivity contribution in [1.29, 1.82) is 0 Å². The molecule has 0 bridgehead atoms. The van der Waals surface area contributed by atoms with Gasteiger partial charge in [0.05, 0.1) is 6.26 Å². The molecule has 0 radical (unpaired) electrons. The first kappa shape index (κ1) is 13.3. The summed E-state index contributed by atoms with van der Waals surface area (Å²) in [5, 5.41) is 11.1. The van der Waals surface area contributed by atoms with Crippen molar-refractivity contribution in [2.75, 3.05) is 25.9 Å². The quantitative estimate of drug-likeness (QED) is 0.356. The molecular formula is C6H15N3O4S. The highest BCUT2D eigenvalue weighted by Gasteiger charge is 2.09. The van der Waals surface area contributed by atoms with Crippen LogP contribution in [0.1, 0.15) is 0 Å². The van der Waals surface area contributed by atoms with Gasteiger partial charge in [0.15, 0.2) is 0 Å². The van der Waals surface area contributed by atoms with Gasteiger partial charge in [-0.2, -0.15) is 0 Å². The summed E-state index contributed by atoms with van der Waals surface area (Å²) in [6.07, 6.45) is 1.05. The maximum absolute atomic E-state index is 10.6. The monoisotopic (exact) mass is 225 g/mol. The van der Waals surface area contributed by atoms with E-state index in [0.29, 0.717) is 6.54 Å². The summed E-state index contributed by atoms with van der Waals surface area (Å²) in [5.74, 6) is -1.09. The maximum Gasteiger partial charge on any atom is 0.321 e. The Bertz CT molecular complexity index is 277. The van der Waals surface area contributed by atoms with Crippen molar-refractivity contribution in [3.8, 4) is 0 Å². The Labute approximate surface area is 82.7 Å². The zero-order valence-electron chi connectivity index (χ0n) is 7.86. The molecule has 84 valence electrons. The van der Waals surface area contributed by atoms with Crippen LogP contribution in [0.25, 0.3) is 0 Å². The molecule has 0 saturated carbocycles. The normalized spacial score (nSPS) is 13.9. The van der Waals surface area contributed by atoms with Crippen LogP contribution in [0.2, 0.25) is 0 Å². The Balaban J connectivity index is 3.44. The molecule has 0 aliphatic rings. The highest BCUT2D eigenvalue weighted by molar-refractivity contribution is 7.88. The standard InChI is InChI=1S/C6H15N3O4S/c1-14(12,13)9-3-2-8-4-5(7)6(10)11/h5,8-9H,2-4,7H2,1H3,(H,10,11). The summed E-state index contributed by atoms with van der Waals surface area (Å²) in [5.41, 5.74) is 5.18. The zero-order chi connectivity index (χ0) is 11.2. The second-order valence-electron chi connectivity index (χ2n) is 2.82. The molecule has 0 spiro atoms. The molecule has 0 aromatic heterocycles. The minimum absolute atomic E-state index is 0.112. The van der Waals surface area contributed by atoms with Gasteiger partial charge < -0.3 is 16.2 Å². The number of hydrogen-bond donors (Lipinski definition) is 4. The number of nitrogens with two attached hydrogens (primary N) is 1. The van der Waals surface area contributed by atoms with E-state index in [-0.39, 0.29) is 13.1 Å². The Morgan fingerprint density at radius 3 is 2.50 bits per heavy atom. The maximum atomic E-state index is 10.6. The smallest absolute Gasteiger partial charge is 0.321 e. The average molecular weight is 225 g/mol. The van der Waals surface area contributed by atoms with Crippen molar-refractivity contribution >= 4 is 16.0 Å². The molecular weight excluding hydrogens is 210 g/mol. The van der Waals surface area contributed by atoms with Gasteiger partial charge in [-0.1, -0.05) is 0 Å². The molecule has 5 N–H and O–H groups in total. The van der Waals surface area contributed by atoms with Gasteiger partial charge in [0, 0.05) is 19.6 Å². The highest BCUT2D eigenvalue weighted by Crippen LogP contribution is 1.75. The second-order valence-corrected chi connectivity index (χ2v) is 4.65. The molecule has 0 aliphatic carbocycles. The van der Waals surface area contributed by atoms with E-state index in [2.05, 4.69) is 10.0 Å². The number of nitrogens with one attached hydrogen (secondary N) is 2. The third-order valence-corrected chi connectivity index (χ3v) is 2.08. The predicted octanol–water partition coefficient (Wildman–Crippen LogP) is -2.46. The van der Waals surface area contributed by atoms with Crippen molar-refractivity contribution in [3.63, 3.8) is 0 Å². The molecule has 0 aliphatic heterocycles. The van der Waals surface area contributed by atoms with E-state index in [9.17, 15) is 13.2 Å². The number of hydrogen-bond acceptors (Lipinski definition) is 5. The Hall–Kier alpha value is -0.700. The van der Waals surface area contributed by atoms with Crippen molar-refractivity contribution < 1.29 is 18.3 Å². The van der Waals surface area contributed by atoms with E-state index in [4.69, 9.17) is 10.8 Å². The summed E-state index contributed by atoms with van der Waals surface area (Å²) < 4.78 is 23.4. The lowest BCUT2D eigenvalue weighted by Crippen LogP contribution is -2.42. The van der Waals surface area contributed by atoms with Crippen molar-refractivity contribution in [2.45, 2.75) is 6.04 Å². The predicted molar refractivity (Wildman–Crippen MR) is 51.3 cm³/mol. The Kier molecular flexibility index (Phi) is 5.62. The Morgan fingerprint density at radius 2 is 2.07 bits per heavy atom. The first-order chi connectivity index (χ1) is 6.33. The summed E-state index contributed by atoms with van der Waals surface area (Å²) in [7, 11) is -3.18. The largest absolute Gasteiger partial charge is 0.480 e. The van der Waals surface area contributed by atoms with Crippen molar-refractivity contribution in [1.82, 2.24) is 10.0 Å². The van der Waals surface area contributed by atoms with Crippen LogP contribution >= 0.6 is 0 Å². The minimum Gasteiger partial charge on any atom is -0.480 e. The second kappa shape index (κ2) is 5.91. The van der Waals surface area contributed by atoms with Crippen LogP contribution < -0.4 is 15.8 Å². The van der Waals surface area contributed by atoms with E-state index in [0.717, 1.165) is 6.26 Å². The van der Waals surface area contributed by atoms with Gasteiger partial charge in [0.25, 0.3) is 0 Å². The third kappa shape index (κ3) is 7.92.